The third-order valence-electron chi connectivity index (χ3n) is 2.06. The molecule has 2 heteroatoms. The predicted molar refractivity (Wildman–Crippen MR) is 44.7 cm³/mol. The van der Waals surface area contributed by atoms with E-state index in [4.69, 9.17) is 9.47 Å². The van der Waals surface area contributed by atoms with Crippen LogP contribution in [-0.4, -0.2) is 24.9 Å². The van der Waals surface area contributed by atoms with Gasteiger partial charge in [-0.2, -0.15) is 0 Å². The van der Waals surface area contributed by atoms with E-state index in [1.807, 2.05) is 6.92 Å². The van der Waals surface area contributed by atoms with E-state index in [-0.39, 0.29) is 5.60 Å². The lowest BCUT2D eigenvalue weighted by Crippen LogP contribution is -2.22. The van der Waals surface area contributed by atoms with E-state index in [1.54, 1.807) is 0 Å². The normalized spacial score (nSPS) is 29.2. The topological polar surface area (TPSA) is 18.5 Å². The highest BCUT2D eigenvalue weighted by atomic mass is 16.5. The van der Waals surface area contributed by atoms with E-state index in [0.717, 1.165) is 26.1 Å². The molecule has 0 N–H and O–H groups in total. The van der Waals surface area contributed by atoms with Gasteiger partial charge in [0, 0.05) is 6.61 Å². The van der Waals surface area contributed by atoms with Crippen LogP contribution in [0.1, 0.15) is 33.6 Å². The molecule has 11 heavy (non-hydrogen) atoms. The van der Waals surface area contributed by atoms with Gasteiger partial charge in [-0.05, 0) is 33.6 Å². The van der Waals surface area contributed by atoms with Gasteiger partial charge in [-0.15, -0.1) is 0 Å². The summed E-state index contributed by atoms with van der Waals surface area (Å²) in [6.07, 6.45) is 2.64. The number of hydrogen-bond donors (Lipinski definition) is 0. The highest BCUT2D eigenvalue weighted by molar-refractivity contribution is 4.80. The van der Waals surface area contributed by atoms with Crippen LogP contribution in [0.4, 0.5) is 0 Å². The van der Waals surface area contributed by atoms with Gasteiger partial charge < -0.3 is 9.47 Å². The molecule has 0 aromatic carbocycles. The molecule has 1 heterocycles. The Morgan fingerprint density at radius 1 is 1.55 bits per heavy atom. The molecule has 66 valence electrons. The number of hydrogen-bond acceptors (Lipinski definition) is 2. The third-order valence-corrected chi connectivity index (χ3v) is 2.06. The summed E-state index contributed by atoms with van der Waals surface area (Å²) in [7, 11) is 0. The number of rotatable bonds is 3. The van der Waals surface area contributed by atoms with Crippen LogP contribution in [0.15, 0.2) is 0 Å². The van der Waals surface area contributed by atoms with Crippen LogP contribution in [-0.2, 0) is 9.47 Å². The van der Waals surface area contributed by atoms with E-state index in [1.165, 1.54) is 0 Å². The van der Waals surface area contributed by atoms with Crippen molar-refractivity contribution in [2.75, 3.05) is 13.2 Å². The monoisotopic (exact) mass is 158 g/mol. The summed E-state index contributed by atoms with van der Waals surface area (Å²) < 4.78 is 11.0. The largest absolute Gasteiger partial charge is 0.379 e. The zero-order valence-electron chi connectivity index (χ0n) is 7.72. The molecule has 1 atom stereocenters. The SMILES string of the molecule is CCOCC1CCC(C)(C)O1. The molecular formula is C9H18O2. The molecule has 0 bridgehead atoms. The number of ether oxygens (including phenoxy) is 2. The molecule has 0 radical (unpaired) electrons. The average Bonchev–Trinajstić information content (AvgIpc) is 2.26. The van der Waals surface area contributed by atoms with Gasteiger partial charge in [0.2, 0.25) is 0 Å². The predicted octanol–water partition coefficient (Wildman–Crippen LogP) is 1.98. The van der Waals surface area contributed by atoms with Gasteiger partial charge in [0.1, 0.15) is 0 Å². The summed E-state index contributed by atoms with van der Waals surface area (Å²) in [6.45, 7) is 7.85. The van der Waals surface area contributed by atoms with E-state index >= 15 is 0 Å². The lowest BCUT2D eigenvalue weighted by atomic mass is 10.1. The minimum absolute atomic E-state index is 0.0851. The first kappa shape index (κ1) is 9.01. The first-order valence-electron chi connectivity index (χ1n) is 4.39. The lowest BCUT2D eigenvalue weighted by molar-refractivity contribution is -0.0514. The van der Waals surface area contributed by atoms with Crippen LogP contribution >= 0.6 is 0 Å². The molecule has 0 aromatic rings. The van der Waals surface area contributed by atoms with Crippen molar-refractivity contribution >= 4 is 0 Å². The van der Waals surface area contributed by atoms with Crippen molar-refractivity contribution < 1.29 is 9.47 Å². The molecule has 1 unspecified atom stereocenters. The molecule has 1 rings (SSSR count). The zero-order valence-corrected chi connectivity index (χ0v) is 7.72. The second-order valence-corrected chi connectivity index (χ2v) is 3.70. The fourth-order valence-corrected chi connectivity index (χ4v) is 1.44. The molecule has 1 aliphatic heterocycles. The Kier molecular flexibility index (Phi) is 2.90. The zero-order chi connectivity index (χ0) is 8.32. The summed E-state index contributed by atoms with van der Waals surface area (Å²) in [5.74, 6) is 0. The van der Waals surface area contributed by atoms with Gasteiger partial charge in [-0.3, -0.25) is 0 Å². The molecular weight excluding hydrogens is 140 g/mol. The maximum absolute atomic E-state index is 5.73. The molecule has 1 fully saturated rings. The van der Waals surface area contributed by atoms with Crippen LogP contribution < -0.4 is 0 Å². The molecule has 0 saturated carbocycles. The Hall–Kier alpha value is -0.0800. The Bertz CT molecular complexity index is 121. The Morgan fingerprint density at radius 3 is 2.73 bits per heavy atom. The van der Waals surface area contributed by atoms with Crippen LogP contribution in [0.5, 0.6) is 0 Å². The Morgan fingerprint density at radius 2 is 2.27 bits per heavy atom. The van der Waals surface area contributed by atoms with Crippen molar-refractivity contribution in [1.82, 2.24) is 0 Å². The first-order valence-corrected chi connectivity index (χ1v) is 4.39. The quantitative estimate of drug-likeness (QED) is 0.625. The maximum Gasteiger partial charge on any atom is 0.0816 e. The van der Waals surface area contributed by atoms with Crippen LogP contribution in [0.2, 0.25) is 0 Å². The summed E-state index contributed by atoms with van der Waals surface area (Å²) >= 11 is 0. The van der Waals surface area contributed by atoms with Gasteiger partial charge in [0.25, 0.3) is 0 Å². The molecule has 0 aliphatic carbocycles. The maximum atomic E-state index is 5.73. The second kappa shape index (κ2) is 3.55. The average molecular weight is 158 g/mol. The molecule has 0 spiro atoms. The lowest BCUT2D eigenvalue weighted by Gasteiger charge is -2.18. The Balaban J connectivity index is 2.20. The molecule has 1 aliphatic rings. The smallest absolute Gasteiger partial charge is 0.0816 e. The summed E-state index contributed by atoms with van der Waals surface area (Å²) in [4.78, 5) is 0. The first-order chi connectivity index (χ1) is 5.14. The van der Waals surface area contributed by atoms with Crippen LogP contribution in [0, 0.1) is 0 Å². The van der Waals surface area contributed by atoms with Crippen LogP contribution in [0.25, 0.3) is 0 Å². The summed E-state index contributed by atoms with van der Waals surface area (Å²) in [5.41, 5.74) is 0.0851. The molecule has 1 saturated heterocycles. The van der Waals surface area contributed by atoms with Crippen LogP contribution in [0.3, 0.4) is 0 Å². The van der Waals surface area contributed by atoms with Crippen molar-refractivity contribution in [3.05, 3.63) is 0 Å². The summed E-state index contributed by atoms with van der Waals surface area (Å²) in [6, 6.07) is 0. The van der Waals surface area contributed by atoms with Crippen molar-refractivity contribution in [1.29, 1.82) is 0 Å². The van der Waals surface area contributed by atoms with E-state index in [0.29, 0.717) is 6.10 Å². The minimum atomic E-state index is 0.0851. The van der Waals surface area contributed by atoms with Gasteiger partial charge in [0.05, 0.1) is 18.3 Å². The second-order valence-electron chi connectivity index (χ2n) is 3.70. The van der Waals surface area contributed by atoms with Crippen molar-refractivity contribution in [2.24, 2.45) is 0 Å². The molecule has 0 aromatic heterocycles. The highest BCUT2D eigenvalue weighted by Crippen LogP contribution is 2.29. The minimum Gasteiger partial charge on any atom is -0.379 e. The third kappa shape index (κ3) is 2.80. The molecule has 2 nitrogen and oxygen atoms in total. The van der Waals surface area contributed by atoms with Crippen molar-refractivity contribution in [2.45, 2.75) is 45.3 Å². The highest BCUT2D eigenvalue weighted by Gasteiger charge is 2.31. The van der Waals surface area contributed by atoms with E-state index in [2.05, 4.69) is 13.8 Å². The fraction of sp³-hybridized carbons (Fsp3) is 1.00. The van der Waals surface area contributed by atoms with Gasteiger partial charge in [-0.1, -0.05) is 0 Å². The summed E-state index contributed by atoms with van der Waals surface area (Å²) in [5, 5.41) is 0. The van der Waals surface area contributed by atoms with Crippen molar-refractivity contribution in [3.8, 4) is 0 Å². The van der Waals surface area contributed by atoms with Gasteiger partial charge in [0.15, 0.2) is 0 Å². The van der Waals surface area contributed by atoms with E-state index < -0.39 is 0 Å². The van der Waals surface area contributed by atoms with Gasteiger partial charge in [-0.25, -0.2) is 0 Å². The Labute approximate surface area is 68.9 Å². The fourth-order valence-electron chi connectivity index (χ4n) is 1.44. The standard InChI is InChI=1S/C9H18O2/c1-4-10-7-8-5-6-9(2,3)11-8/h8H,4-7H2,1-3H3. The van der Waals surface area contributed by atoms with E-state index in [9.17, 15) is 0 Å². The molecule has 0 amide bonds. The van der Waals surface area contributed by atoms with Gasteiger partial charge >= 0.3 is 0 Å². The van der Waals surface area contributed by atoms with Crippen molar-refractivity contribution in [3.63, 3.8) is 0 Å².